The van der Waals surface area contributed by atoms with E-state index in [1.807, 2.05) is 12.1 Å². The van der Waals surface area contributed by atoms with E-state index in [0.29, 0.717) is 6.54 Å². The number of aromatic hydroxyl groups is 1. The van der Waals surface area contributed by atoms with Crippen LogP contribution in [0.4, 0.5) is 20.2 Å². The Bertz CT molecular complexity index is 760. The summed E-state index contributed by atoms with van der Waals surface area (Å²) in [5.74, 6) is -1.89. The lowest BCUT2D eigenvalue weighted by molar-refractivity contribution is -0.116. The van der Waals surface area contributed by atoms with Gasteiger partial charge in [-0.1, -0.05) is 0 Å². The third-order valence-electron chi connectivity index (χ3n) is 4.45. The lowest BCUT2D eigenvalue weighted by atomic mass is 10.2. The summed E-state index contributed by atoms with van der Waals surface area (Å²) in [5, 5.41) is 11.9. The second-order valence-electron chi connectivity index (χ2n) is 6.27. The summed E-state index contributed by atoms with van der Waals surface area (Å²) < 4.78 is 26.0. The molecule has 0 atom stereocenters. The first-order valence-corrected chi connectivity index (χ1v) is 8.52. The lowest BCUT2D eigenvalue weighted by Gasteiger charge is -2.36. The normalized spacial score (nSPS) is 15.1. The van der Waals surface area contributed by atoms with Crippen LogP contribution < -0.4 is 10.2 Å². The minimum atomic E-state index is -0.979. The Kier molecular flexibility index (Phi) is 5.68. The zero-order valence-corrected chi connectivity index (χ0v) is 14.3. The lowest BCUT2D eigenvalue weighted by Crippen LogP contribution is -2.47. The first-order chi connectivity index (χ1) is 12.5. The molecule has 1 heterocycles. The van der Waals surface area contributed by atoms with Crippen molar-refractivity contribution in [3.63, 3.8) is 0 Å². The van der Waals surface area contributed by atoms with Crippen LogP contribution >= 0.6 is 0 Å². The molecule has 1 amide bonds. The van der Waals surface area contributed by atoms with Crippen LogP contribution in [0.5, 0.6) is 5.75 Å². The molecule has 138 valence electrons. The van der Waals surface area contributed by atoms with Crippen molar-refractivity contribution in [3.8, 4) is 5.75 Å². The molecule has 1 aliphatic rings. The molecule has 1 saturated heterocycles. The van der Waals surface area contributed by atoms with Crippen molar-refractivity contribution in [2.45, 2.75) is 6.42 Å². The molecule has 5 nitrogen and oxygen atoms in total. The van der Waals surface area contributed by atoms with Crippen LogP contribution in [0.2, 0.25) is 0 Å². The smallest absolute Gasteiger partial charge is 0.225 e. The zero-order valence-electron chi connectivity index (χ0n) is 14.3. The van der Waals surface area contributed by atoms with E-state index in [-0.39, 0.29) is 23.8 Å². The molecule has 3 rings (SSSR count). The van der Waals surface area contributed by atoms with Crippen molar-refractivity contribution in [3.05, 3.63) is 54.1 Å². The fourth-order valence-electron chi connectivity index (χ4n) is 2.95. The van der Waals surface area contributed by atoms with E-state index in [1.54, 1.807) is 12.1 Å². The summed E-state index contributed by atoms with van der Waals surface area (Å²) in [7, 11) is 0. The van der Waals surface area contributed by atoms with Crippen molar-refractivity contribution < 1.29 is 18.7 Å². The van der Waals surface area contributed by atoms with Crippen LogP contribution in [-0.4, -0.2) is 48.6 Å². The van der Waals surface area contributed by atoms with Crippen molar-refractivity contribution in [2.75, 3.05) is 42.9 Å². The standard InChI is InChI=1S/C19H21F2N3O2/c20-17-6-1-14(13-18(17)21)22-19(26)7-8-23-9-11-24(12-10-23)15-2-4-16(25)5-3-15/h1-6,13,25H,7-12H2,(H,22,26). The Labute approximate surface area is 150 Å². The molecule has 0 aliphatic carbocycles. The van der Waals surface area contributed by atoms with Crippen molar-refractivity contribution in [2.24, 2.45) is 0 Å². The second-order valence-corrected chi connectivity index (χ2v) is 6.27. The molecule has 26 heavy (non-hydrogen) atoms. The predicted octanol–water partition coefficient (Wildman–Crippen LogP) is 2.82. The number of benzene rings is 2. The molecule has 7 heteroatoms. The highest BCUT2D eigenvalue weighted by Gasteiger charge is 2.18. The van der Waals surface area contributed by atoms with E-state index in [1.165, 1.54) is 6.07 Å². The summed E-state index contributed by atoms with van der Waals surface area (Å²) >= 11 is 0. The van der Waals surface area contributed by atoms with E-state index < -0.39 is 11.6 Å². The highest BCUT2D eigenvalue weighted by Crippen LogP contribution is 2.20. The number of carbonyl (C=O) groups excluding carboxylic acids is 1. The Morgan fingerprint density at radius 2 is 1.69 bits per heavy atom. The number of hydrogen-bond donors (Lipinski definition) is 2. The quantitative estimate of drug-likeness (QED) is 0.860. The monoisotopic (exact) mass is 361 g/mol. The van der Waals surface area contributed by atoms with E-state index in [2.05, 4.69) is 15.1 Å². The van der Waals surface area contributed by atoms with Crippen LogP contribution in [0, 0.1) is 11.6 Å². The van der Waals surface area contributed by atoms with Crippen LogP contribution in [-0.2, 0) is 4.79 Å². The molecular formula is C19H21F2N3O2. The number of phenolic OH excluding ortho intramolecular Hbond substituents is 1. The number of rotatable bonds is 5. The maximum absolute atomic E-state index is 13.2. The third kappa shape index (κ3) is 4.70. The molecule has 0 aromatic heterocycles. The summed E-state index contributed by atoms with van der Waals surface area (Å²) in [6, 6.07) is 10.4. The minimum absolute atomic E-state index is 0.225. The van der Waals surface area contributed by atoms with Gasteiger partial charge in [0.25, 0.3) is 0 Å². The highest BCUT2D eigenvalue weighted by atomic mass is 19.2. The number of amides is 1. The van der Waals surface area contributed by atoms with Gasteiger partial charge in [-0.2, -0.15) is 0 Å². The van der Waals surface area contributed by atoms with Crippen molar-refractivity contribution in [1.82, 2.24) is 4.90 Å². The third-order valence-corrected chi connectivity index (χ3v) is 4.45. The van der Waals surface area contributed by atoms with E-state index in [4.69, 9.17) is 0 Å². The summed E-state index contributed by atoms with van der Waals surface area (Å²) in [4.78, 5) is 16.4. The van der Waals surface area contributed by atoms with Gasteiger partial charge in [0.05, 0.1) is 0 Å². The van der Waals surface area contributed by atoms with Gasteiger partial charge < -0.3 is 15.3 Å². The molecule has 2 aromatic rings. The number of nitrogens with one attached hydrogen (secondary N) is 1. The van der Waals surface area contributed by atoms with Gasteiger partial charge in [-0.15, -0.1) is 0 Å². The predicted molar refractivity (Wildman–Crippen MR) is 96.4 cm³/mol. The number of hydrogen-bond acceptors (Lipinski definition) is 4. The molecule has 2 N–H and O–H groups in total. The van der Waals surface area contributed by atoms with Crippen LogP contribution in [0.3, 0.4) is 0 Å². The largest absolute Gasteiger partial charge is 0.508 e. The Morgan fingerprint density at radius 3 is 2.35 bits per heavy atom. The van der Waals surface area contributed by atoms with Gasteiger partial charge in [0.2, 0.25) is 5.91 Å². The maximum Gasteiger partial charge on any atom is 0.225 e. The zero-order chi connectivity index (χ0) is 18.5. The molecule has 0 spiro atoms. The van der Waals surface area contributed by atoms with Gasteiger partial charge in [0, 0.05) is 56.6 Å². The van der Waals surface area contributed by atoms with Crippen molar-refractivity contribution in [1.29, 1.82) is 0 Å². The molecule has 0 bridgehead atoms. The summed E-state index contributed by atoms with van der Waals surface area (Å²) in [6.07, 6.45) is 0.290. The van der Waals surface area contributed by atoms with E-state index in [0.717, 1.165) is 44.0 Å². The van der Waals surface area contributed by atoms with Crippen LogP contribution in [0.15, 0.2) is 42.5 Å². The minimum Gasteiger partial charge on any atom is -0.508 e. The van der Waals surface area contributed by atoms with Crippen LogP contribution in [0.25, 0.3) is 0 Å². The fourth-order valence-corrected chi connectivity index (χ4v) is 2.95. The highest BCUT2D eigenvalue weighted by molar-refractivity contribution is 5.90. The number of carbonyl (C=O) groups is 1. The fraction of sp³-hybridized carbons (Fsp3) is 0.316. The van der Waals surface area contributed by atoms with Crippen LogP contribution in [0.1, 0.15) is 6.42 Å². The van der Waals surface area contributed by atoms with E-state index >= 15 is 0 Å². The van der Waals surface area contributed by atoms with Gasteiger partial charge in [0.15, 0.2) is 11.6 Å². The molecular weight excluding hydrogens is 340 g/mol. The molecule has 1 aliphatic heterocycles. The topological polar surface area (TPSA) is 55.8 Å². The Morgan fingerprint density at radius 1 is 1.00 bits per heavy atom. The summed E-state index contributed by atoms with van der Waals surface area (Å²) in [5.41, 5.74) is 1.32. The Hall–Kier alpha value is -2.67. The second kappa shape index (κ2) is 8.14. The van der Waals surface area contributed by atoms with Gasteiger partial charge in [0.1, 0.15) is 5.75 Å². The van der Waals surface area contributed by atoms with Crippen molar-refractivity contribution >= 4 is 17.3 Å². The number of halogens is 2. The number of phenols is 1. The number of piperazine rings is 1. The molecule has 0 unspecified atom stereocenters. The van der Waals surface area contributed by atoms with Gasteiger partial charge >= 0.3 is 0 Å². The van der Waals surface area contributed by atoms with Gasteiger partial charge in [-0.25, -0.2) is 8.78 Å². The molecule has 0 radical (unpaired) electrons. The average molecular weight is 361 g/mol. The first kappa shape index (κ1) is 18.1. The molecule has 2 aromatic carbocycles. The average Bonchev–Trinajstić information content (AvgIpc) is 2.64. The van der Waals surface area contributed by atoms with E-state index in [9.17, 15) is 18.7 Å². The SMILES string of the molecule is O=C(CCN1CCN(c2ccc(O)cc2)CC1)Nc1ccc(F)c(F)c1. The maximum atomic E-state index is 13.2. The molecule has 1 fully saturated rings. The van der Waals surface area contributed by atoms with Gasteiger partial charge in [-0.05, 0) is 36.4 Å². The molecule has 0 saturated carbocycles. The number of nitrogens with zero attached hydrogens (tertiary/aromatic N) is 2. The first-order valence-electron chi connectivity index (χ1n) is 8.52. The number of anilines is 2. The Balaban J connectivity index is 1.42. The van der Waals surface area contributed by atoms with Gasteiger partial charge in [-0.3, -0.25) is 9.69 Å². The summed E-state index contributed by atoms with van der Waals surface area (Å²) in [6.45, 7) is 3.96.